The van der Waals surface area contributed by atoms with Gasteiger partial charge in [-0.15, -0.1) is 0 Å². The van der Waals surface area contributed by atoms with Crippen LogP contribution in [0.15, 0.2) is 48.5 Å². The number of aromatic nitrogens is 2. The van der Waals surface area contributed by atoms with Gasteiger partial charge in [-0.25, -0.2) is 9.78 Å². The van der Waals surface area contributed by atoms with Crippen molar-refractivity contribution in [1.29, 1.82) is 5.26 Å². The van der Waals surface area contributed by atoms with E-state index in [2.05, 4.69) is 21.6 Å². The number of fused-ring (bicyclic) bond motifs is 1. The zero-order chi connectivity index (χ0) is 24.2. The molecule has 1 unspecified atom stereocenters. The highest BCUT2D eigenvalue weighted by atomic mass is 19.4. The van der Waals surface area contributed by atoms with Gasteiger partial charge < -0.3 is 25.4 Å². The van der Waals surface area contributed by atoms with Gasteiger partial charge in [0.15, 0.2) is 0 Å². The molecule has 1 atom stereocenters. The highest BCUT2D eigenvalue weighted by Gasteiger charge is 2.38. The van der Waals surface area contributed by atoms with E-state index in [1.807, 2.05) is 42.5 Å². The number of para-hydroxylation sites is 2. The van der Waals surface area contributed by atoms with Crippen LogP contribution in [0.4, 0.5) is 19.1 Å². The van der Waals surface area contributed by atoms with Gasteiger partial charge in [-0.2, -0.15) is 18.4 Å². The van der Waals surface area contributed by atoms with Gasteiger partial charge in [0.05, 0.1) is 41.4 Å². The molecule has 4 rings (SSSR count). The number of carbonyl (C=O) groups is 1. The van der Waals surface area contributed by atoms with Crippen molar-refractivity contribution in [2.45, 2.75) is 24.7 Å². The minimum atomic E-state index is -5.08. The zero-order valence-corrected chi connectivity index (χ0v) is 17.5. The molecule has 2 aromatic carbocycles. The largest absolute Gasteiger partial charge is 0.490 e. The molecule has 33 heavy (non-hydrogen) atoms. The van der Waals surface area contributed by atoms with Crippen molar-refractivity contribution in [1.82, 2.24) is 9.55 Å². The SMILES string of the molecule is N#Cc1ccc(Cn2c(N3CCC(O)(CN)C3)nc3ccccc32)cc1.O=C(O)C(F)(F)F. The summed E-state index contributed by atoms with van der Waals surface area (Å²) in [6.45, 7) is 2.11. The van der Waals surface area contributed by atoms with E-state index in [9.17, 15) is 18.3 Å². The number of nitriles is 1. The first-order chi connectivity index (χ1) is 15.6. The Morgan fingerprint density at radius 1 is 1.21 bits per heavy atom. The Kier molecular flexibility index (Phi) is 6.90. The molecule has 0 amide bonds. The van der Waals surface area contributed by atoms with Crippen molar-refractivity contribution in [3.8, 4) is 6.07 Å². The van der Waals surface area contributed by atoms with Crippen LogP contribution in [0.25, 0.3) is 11.0 Å². The number of alkyl halides is 3. The van der Waals surface area contributed by atoms with Crippen LogP contribution in [0.1, 0.15) is 17.5 Å². The van der Waals surface area contributed by atoms with Crippen molar-refractivity contribution in [3.05, 3.63) is 59.7 Å². The maximum Gasteiger partial charge on any atom is 0.490 e. The molecular formula is C22H22F3N5O3. The summed E-state index contributed by atoms with van der Waals surface area (Å²) < 4.78 is 33.9. The number of aliphatic hydroxyl groups is 1. The van der Waals surface area contributed by atoms with Crippen LogP contribution in [0.2, 0.25) is 0 Å². The summed E-state index contributed by atoms with van der Waals surface area (Å²) in [6, 6.07) is 17.8. The third kappa shape index (κ3) is 5.60. The molecule has 1 saturated heterocycles. The molecule has 3 aromatic rings. The molecule has 0 radical (unpaired) electrons. The fourth-order valence-electron chi connectivity index (χ4n) is 3.52. The number of imidazole rings is 1. The van der Waals surface area contributed by atoms with Gasteiger partial charge in [0.2, 0.25) is 5.95 Å². The Morgan fingerprint density at radius 3 is 2.39 bits per heavy atom. The topological polar surface area (TPSA) is 128 Å². The number of nitrogens with zero attached hydrogens (tertiary/aromatic N) is 4. The van der Waals surface area contributed by atoms with Crippen LogP contribution >= 0.6 is 0 Å². The third-order valence-corrected chi connectivity index (χ3v) is 5.30. The fourth-order valence-corrected chi connectivity index (χ4v) is 3.52. The highest BCUT2D eigenvalue weighted by molar-refractivity contribution is 5.79. The van der Waals surface area contributed by atoms with E-state index >= 15 is 0 Å². The van der Waals surface area contributed by atoms with Crippen molar-refractivity contribution in [3.63, 3.8) is 0 Å². The number of rotatable bonds is 4. The van der Waals surface area contributed by atoms with Gasteiger partial charge in [-0.05, 0) is 36.2 Å². The van der Waals surface area contributed by atoms with Crippen LogP contribution in [0.5, 0.6) is 0 Å². The lowest BCUT2D eigenvalue weighted by molar-refractivity contribution is -0.192. The Balaban J connectivity index is 0.000000383. The number of benzene rings is 2. The molecule has 1 aliphatic rings. The van der Waals surface area contributed by atoms with Gasteiger partial charge in [0.25, 0.3) is 0 Å². The third-order valence-electron chi connectivity index (χ3n) is 5.30. The first-order valence-corrected chi connectivity index (χ1v) is 9.98. The van der Waals surface area contributed by atoms with E-state index in [0.717, 1.165) is 29.1 Å². The van der Waals surface area contributed by atoms with E-state index in [-0.39, 0.29) is 6.54 Å². The van der Waals surface area contributed by atoms with Crippen LogP contribution in [-0.2, 0) is 11.3 Å². The molecule has 0 spiro atoms. The number of nitrogens with two attached hydrogens (primary N) is 1. The molecule has 4 N–H and O–H groups in total. The maximum atomic E-state index is 10.6. The van der Waals surface area contributed by atoms with Crippen LogP contribution in [0.3, 0.4) is 0 Å². The lowest BCUT2D eigenvalue weighted by Crippen LogP contribution is -2.41. The monoisotopic (exact) mass is 461 g/mol. The van der Waals surface area contributed by atoms with Crippen LogP contribution in [0, 0.1) is 11.3 Å². The molecule has 0 bridgehead atoms. The number of halogens is 3. The Hall–Kier alpha value is -3.62. The second-order valence-electron chi connectivity index (χ2n) is 7.70. The normalized spacial score (nSPS) is 18.0. The fraction of sp³-hybridized carbons (Fsp3) is 0.318. The van der Waals surface area contributed by atoms with Crippen molar-refractivity contribution in [2.24, 2.45) is 5.73 Å². The molecule has 1 aromatic heterocycles. The van der Waals surface area contributed by atoms with Gasteiger partial charge in [-0.3, -0.25) is 0 Å². The van der Waals surface area contributed by atoms with E-state index in [0.29, 0.717) is 25.1 Å². The summed E-state index contributed by atoms with van der Waals surface area (Å²) >= 11 is 0. The van der Waals surface area contributed by atoms with E-state index in [4.69, 9.17) is 25.9 Å². The predicted octanol–water partition coefficient (Wildman–Crippen LogP) is 2.49. The molecule has 0 saturated carbocycles. The molecule has 1 fully saturated rings. The van der Waals surface area contributed by atoms with Gasteiger partial charge in [0, 0.05) is 13.1 Å². The lowest BCUT2D eigenvalue weighted by Gasteiger charge is -2.23. The highest BCUT2D eigenvalue weighted by Crippen LogP contribution is 2.29. The maximum absolute atomic E-state index is 10.6. The number of β-amino-alcohol motifs (C(OH)–C–C–N with tert-alkyl or cyclic N) is 1. The molecular weight excluding hydrogens is 439 g/mol. The first-order valence-electron chi connectivity index (χ1n) is 9.98. The number of anilines is 1. The molecule has 11 heteroatoms. The van der Waals surface area contributed by atoms with Crippen molar-refractivity contribution in [2.75, 3.05) is 24.5 Å². The molecule has 0 aliphatic carbocycles. The minimum absolute atomic E-state index is 0.249. The summed E-state index contributed by atoms with van der Waals surface area (Å²) in [5.41, 5.74) is 8.62. The summed E-state index contributed by atoms with van der Waals surface area (Å²) in [6.07, 6.45) is -4.44. The van der Waals surface area contributed by atoms with Gasteiger partial charge in [-0.1, -0.05) is 24.3 Å². The summed E-state index contributed by atoms with van der Waals surface area (Å²) in [5.74, 6) is -1.91. The van der Waals surface area contributed by atoms with E-state index in [1.165, 1.54) is 0 Å². The first kappa shape index (κ1) is 24.0. The second-order valence-corrected chi connectivity index (χ2v) is 7.70. The summed E-state index contributed by atoms with van der Waals surface area (Å²) in [4.78, 5) is 15.8. The smallest absolute Gasteiger partial charge is 0.475 e. The van der Waals surface area contributed by atoms with Crippen LogP contribution < -0.4 is 10.6 Å². The molecule has 8 nitrogen and oxygen atoms in total. The quantitative estimate of drug-likeness (QED) is 0.545. The molecule has 1 aliphatic heterocycles. The number of aliphatic carboxylic acids is 1. The van der Waals surface area contributed by atoms with Gasteiger partial charge in [0.1, 0.15) is 0 Å². The Bertz CT molecular complexity index is 1170. The van der Waals surface area contributed by atoms with Crippen LogP contribution in [-0.4, -0.2) is 57.1 Å². The summed E-state index contributed by atoms with van der Waals surface area (Å²) in [7, 11) is 0. The Morgan fingerprint density at radius 2 is 1.85 bits per heavy atom. The second kappa shape index (κ2) is 9.48. The Labute approximate surface area is 187 Å². The van der Waals surface area contributed by atoms with E-state index < -0.39 is 17.7 Å². The average molecular weight is 461 g/mol. The average Bonchev–Trinajstić information content (AvgIpc) is 3.35. The minimum Gasteiger partial charge on any atom is -0.475 e. The standard InChI is InChI=1S/C20H21N5O.C2HF3O2/c21-11-15-5-7-16(8-6-15)12-25-18-4-2-1-3-17(18)23-19(25)24-10-9-20(26,13-22)14-24;3-2(4,5)1(6)7/h1-8,26H,9-10,12-14,22H2;(H,6,7). The van der Waals surface area contributed by atoms with Crippen molar-refractivity contribution < 1.29 is 28.2 Å². The number of hydrogen-bond acceptors (Lipinski definition) is 6. The summed E-state index contributed by atoms with van der Waals surface area (Å²) in [5, 5.41) is 26.6. The van der Waals surface area contributed by atoms with Gasteiger partial charge >= 0.3 is 12.1 Å². The zero-order valence-electron chi connectivity index (χ0n) is 17.5. The van der Waals surface area contributed by atoms with Crippen molar-refractivity contribution >= 4 is 23.0 Å². The number of carboxylic acid groups (broad SMARTS) is 1. The lowest BCUT2D eigenvalue weighted by atomic mass is 10.0. The molecule has 2 heterocycles. The predicted molar refractivity (Wildman–Crippen MR) is 115 cm³/mol. The number of carboxylic acids is 1. The molecule has 174 valence electrons. The number of hydrogen-bond donors (Lipinski definition) is 3. The van der Waals surface area contributed by atoms with E-state index in [1.54, 1.807) is 0 Å².